The van der Waals surface area contributed by atoms with Gasteiger partial charge in [0.25, 0.3) is 0 Å². The first-order valence-corrected chi connectivity index (χ1v) is 3.72. The number of likely N-dealkylation sites (tertiary alicyclic amines) is 1. The molecule has 1 heterocycles. The predicted octanol–water partition coefficient (Wildman–Crippen LogP) is 0.579. The van der Waals surface area contributed by atoms with Crippen molar-refractivity contribution < 1.29 is 9.90 Å². The van der Waals surface area contributed by atoms with Crippen molar-refractivity contribution in [1.82, 2.24) is 4.90 Å². The Morgan fingerprint density at radius 3 is 2.73 bits per heavy atom. The summed E-state index contributed by atoms with van der Waals surface area (Å²) in [7, 11) is 2.00. The van der Waals surface area contributed by atoms with Crippen LogP contribution in [0.4, 0.5) is 0 Å². The quantitative estimate of drug-likeness (QED) is 0.593. The molecule has 0 aromatic rings. The average Bonchev–Trinajstić information content (AvgIpc) is 2.34. The largest absolute Gasteiger partial charge is 0.478 e. The maximum atomic E-state index is 10.5. The van der Waals surface area contributed by atoms with E-state index in [1.807, 2.05) is 7.05 Å². The fourth-order valence-corrected chi connectivity index (χ4v) is 1.39. The van der Waals surface area contributed by atoms with Crippen molar-refractivity contribution in [2.24, 2.45) is 5.92 Å². The number of carboxylic acids is 1. The van der Waals surface area contributed by atoms with Crippen molar-refractivity contribution >= 4 is 5.97 Å². The highest BCUT2D eigenvalue weighted by Gasteiger charge is 2.25. The molecule has 3 heteroatoms. The highest BCUT2D eigenvalue weighted by atomic mass is 16.4. The van der Waals surface area contributed by atoms with Gasteiger partial charge in [0.2, 0.25) is 0 Å². The lowest BCUT2D eigenvalue weighted by molar-refractivity contribution is -0.133. The lowest BCUT2D eigenvalue weighted by atomic mass is 10.0. The number of carboxylic acid groups (broad SMARTS) is 1. The molecule has 3 nitrogen and oxygen atoms in total. The van der Waals surface area contributed by atoms with E-state index >= 15 is 0 Å². The first kappa shape index (κ1) is 8.27. The van der Waals surface area contributed by atoms with Gasteiger partial charge in [0, 0.05) is 18.0 Å². The second-order valence-corrected chi connectivity index (χ2v) is 3.08. The van der Waals surface area contributed by atoms with Gasteiger partial charge in [-0.25, -0.2) is 4.79 Å². The van der Waals surface area contributed by atoms with Crippen LogP contribution < -0.4 is 0 Å². The van der Waals surface area contributed by atoms with Gasteiger partial charge in [-0.15, -0.1) is 0 Å². The van der Waals surface area contributed by atoms with Crippen molar-refractivity contribution in [3.05, 3.63) is 12.2 Å². The van der Waals surface area contributed by atoms with Crippen molar-refractivity contribution in [2.45, 2.75) is 6.42 Å². The second-order valence-electron chi connectivity index (χ2n) is 3.08. The standard InChI is InChI=1S/C8H13NO2/c1-6(8(10)11)7-3-4-9(2)5-7/h7H,1,3-5H2,2H3,(H,10,11). The number of hydrogen-bond acceptors (Lipinski definition) is 2. The Morgan fingerprint density at radius 1 is 1.73 bits per heavy atom. The molecule has 1 rings (SSSR count). The Labute approximate surface area is 66.3 Å². The molecule has 0 aliphatic carbocycles. The molecule has 1 unspecified atom stereocenters. The van der Waals surface area contributed by atoms with E-state index in [1.54, 1.807) is 0 Å². The van der Waals surface area contributed by atoms with Gasteiger partial charge in [0.05, 0.1) is 0 Å². The maximum Gasteiger partial charge on any atom is 0.331 e. The maximum absolute atomic E-state index is 10.5. The molecule has 1 N–H and O–H groups in total. The molecule has 1 fully saturated rings. The molecule has 0 radical (unpaired) electrons. The van der Waals surface area contributed by atoms with Crippen LogP contribution in [0.1, 0.15) is 6.42 Å². The van der Waals surface area contributed by atoms with Crippen LogP contribution in [0.2, 0.25) is 0 Å². The molecule has 62 valence electrons. The zero-order valence-electron chi connectivity index (χ0n) is 6.71. The summed E-state index contributed by atoms with van der Waals surface area (Å²) in [5.41, 5.74) is 0.356. The van der Waals surface area contributed by atoms with Crippen LogP contribution in [0.3, 0.4) is 0 Å². The molecule has 0 spiro atoms. The summed E-state index contributed by atoms with van der Waals surface area (Å²) in [4.78, 5) is 12.6. The molecule has 0 saturated carbocycles. The van der Waals surface area contributed by atoms with E-state index in [0.717, 1.165) is 19.5 Å². The van der Waals surface area contributed by atoms with Crippen LogP contribution in [0.15, 0.2) is 12.2 Å². The molecule has 1 saturated heterocycles. The van der Waals surface area contributed by atoms with Crippen molar-refractivity contribution in [2.75, 3.05) is 20.1 Å². The van der Waals surface area contributed by atoms with E-state index in [0.29, 0.717) is 5.57 Å². The molecule has 0 bridgehead atoms. The first-order chi connectivity index (χ1) is 5.11. The summed E-state index contributed by atoms with van der Waals surface area (Å²) >= 11 is 0. The van der Waals surface area contributed by atoms with Crippen molar-refractivity contribution in [3.63, 3.8) is 0 Å². The monoisotopic (exact) mass is 155 g/mol. The van der Waals surface area contributed by atoms with Gasteiger partial charge < -0.3 is 10.0 Å². The van der Waals surface area contributed by atoms with Crippen LogP contribution in [-0.2, 0) is 4.79 Å². The molecular formula is C8H13NO2. The lowest BCUT2D eigenvalue weighted by Crippen LogP contribution is -2.17. The predicted molar refractivity (Wildman–Crippen MR) is 42.4 cm³/mol. The Hall–Kier alpha value is -0.830. The van der Waals surface area contributed by atoms with Gasteiger partial charge in [-0.2, -0.15) is 0 Å². The highest BCUT2D eigenvalue weighted by molar-refractivity contribution is 5.86. The lowest BCUT2D eigenvalue weighted by Gasteiger charge is -2.09. The van der Waals surface area contributed by atoms with Crippen molar-refractivity contribution in [1.29, 1.82) is 0 Å². The molecule has 11 heavy (non-hydrogen) atoms. The third kappa shape index (κ3) is 1.80. The number of nitrogens with zero attached hydrogens (tertiary/aromatic N) is 1. The second kappa shape index (κ2) is 3.05. The zero-order chi connectivity index (χ0) is 8.43. The van der Waals surface area contributed by atoms with Gasteiger partial charge >= 0.3 is 5.97 Å². The summed E-state index contributed by atoms with van der Waals surface area (Å²) in [5.74, 6) is -0.692. The third-order valence-electron chi connectivity index (χ3n) is 2.16. The van der Waals surface area contributed by atoms with Gasteiger partial charge in [0.1, 0.15) is 0 Å². The van der Waals surface area contributed by atoms with Gasteiger partial charge in [0.15, 0.2) is 0 Å². The van der Waals surface area contributed by atoms with Crippen LogP contribution >= 0.6 is 0 Å². The van der Waals surface area contributed by atoms with Crippen LogP contribution in [0.25, 0.3) is 0 Å². The Kier molecular flexibility index (Phi) is 2.29. The first-order valence-electron chi connectivity index (χ1n) is 3.72. The Morgan fingerprint density at radius 2 is 2.36 bits per heavy atom. The van der Waals surface area contributed by atoms with E-state index < -0.39 is 5.97 Å². The fraction of sp³-hybridized carbons (Fsp3) is 0.625. The number of rotatable bonds is 2. The number of hydrogen-bond donors (Lipinski definition) is 1. The summed E-state index contributed by atoms with van der Waals surface area (Å²) in [5, 5.41) is 8.61. The highest BCUT2D eigenvalue weighted by Crippen LogP contribution is 2.21. The van der Waals surface area contributed by atoms with Crippen LogP contribution in [0.5, 0.6) is 0 Å². The topological polar surface area (TPSA) is 40.5 Å². The number of carbonyl (C=O) groups is 1. The van der Waals surface area contributed by atoms with Crippen molar-refractivity contribution in [3.8, 4) is 0 Å². The normalized spacial score (nSPS) is 25.4. The van der Waals surface area contributed by atoms with Crippen LogP contribution in [-0.4, -0.2) is 36.1 Å². The molecule has 0 aromatic carbocycles. The smallest absolute Gasteiger partial charge is 0.331 e. The van der Waals surface area contributed by atoms with E-state index in [9.17, 15) is 4.79 Å². The molecule has 1 aliphatic rings. The fourth-order valence-electron chi connectivity index (χ4n) is 1.39. The third-order valence-corrected chi connectivity index (χ3v) is 2.16. The van der Waals surface area contributed by atoms with Gasteiger partial charge in [-0.05, 0) is 20.0 Å². The summed E-state index contributed by atoms with van der Waals surface area (Å²) < 4.78 is 0. The molecular weight excluding hydrogens is 142 g/mol. The summed E-state index contributed by atoms with van der Waals surface area (Å²) in [6, 6.07) is 0. The van der Waals surface area contributed by atoms with E-state index in [4.69, 9.17) is 5.11 Å². The number of aliphatic carboxylic acids is 1. The minimum Gasteiger partial charge on any atom is -0.478 e. The molecule has 0 aromatic heterocycles. The summed E-state index contributed by atoms with van der Waals surface area (Å²) in [6.07, 6.45) is 0.932. The van der Waals surface area contributed by atoms with Gasteiger partial charge in [-0.1, -0.05) is 6.58 Å². The van der Waals surface area contributed by atoms with Gasteiger partial charge in [-0.3, -0.25) is 0 Å². The Balaban J connectivity index is 2.50. The minimum absolute atomic E-state index is 0.164. The summed E-state index contributed by atoms with van der Waals surface area (Å²) in [6.45, 7) is 5.37. The SMILES string of the molecule is C=C(C(=O)O)C1CCN(C)C1. The minimum atomic E-state index is -0.856. The van der Waals surface area contributed by atoms with E-state index in [-0.39, 0.29) is 5.92 Å². The molecule has 1 aliphatic heterocycles. The van der Waals surface area contributed by atoms with E-state index in [2.05, 4.69) is 11.5 Å². The van der Waals surface area contributed by atoms with E-state index in [1.165, 1.54) is 0 Å². The zero-order valence-corrected chi connectivity index (χ0v) is 6.71. The van der Waals surface area contributed by atoms with Crippen LogP contribution in [0, 0.1) is 5.92 Å². The molecule has 1 atom stereocenters. The Bertz CT molecular complexity index is 189. The molecule has 0 amide bonds. The average molecular weight is 155 g/mol.